The molecule has 114 valence electrons. The maximum absolute atomic E-state index is 12.2. The number of rotatable bonds is 6. The molecule has 0 saturated carbocycles. The van der Waals surface area contributed by atoms with Crippen molar-refractivity contribution in [2.24, 2.45) is 11.1 Å². The number of carbonyl (C=O) groups is 1. The molecule has 0 atom stereocenters. The van der Waals surface area contributed by atoms with E-state index in [-0.39, 0.29) is 11.3 Å². The van der Waals surface area contributed by atoms with Crippen molar-refractivity contribution in [1.29, 1.82) is 0 Å². The lowest BCUT2D eigenvalue weighted by Gasteiger charge is -2.29. The molecule has 0 fully saturated rings. The average Bonchev–Trinajstić information content (AvgIpc) is 2.87. The summed E-state index contributed by atoms with van der Waals surface area (Å²) in [6, 6.07) is 7.95. The maximum atomic E-state index is 12.2. The summed E-state index contributed by atoms with van der Waals surface area (Å²) in [5.74, 6) is 0.134. The Morgan fingerprint density at radius 2 is 2.10 bits per heavy atom. The fraction of sp³-hybridized carbons (Fsp3) is 0.500. The van der Waals surface area contributed by atoms with Crippen LogP contribution >= 0.6 is 0 Å². The third-order valence-corrected chi connectivity index (χ3v) is 3.74. The van der Waals surface area contributed by atoms with Gasteiger partial charge in [0.1, 0.15) is 0 Å². The minimum absolute atomic E-state index is 0.0495. The summed E-state index contributed by atoms with van der Waals surface area (Å²) in [6.45, 7) is 6.02. The van der Waals surface area contributed by atoms with E-state index in [1.54, 1.807) is 11.2 Å². The number of fused-ring (bicyclic) bond motifs is 1. The van der Waals surface area contributed by atoms with Gasteiger partial charge in [0.25, 0.3) is 0 Å². The average molecular weight is 288 g/mol. The van der Waals surface area contributed by atoms with Gasteiger partial charge in [0.05, 0.1) is 17.4 Å². The van der Waals surface area contributed by atoms with E-state index < -0.39 is 0 Å². The van der Waals surface area contributed by atoms with Crippen molar-refractivity contribution >= 4 is 16.9 Å². The number of aromatic nitrogens is 2. The van der Waals surface area contributed by atoms with Crippen molar-refractivity contribution < 1.29 is 4.79 Å². The van der Waals surface area contributed by atoms with Gasteiger partial charge < -0.3 is 15.2 Å². The van der Waals surface area contributed by atoms with Crippen LogP contribution in [0.1, 0.15) is 20.3 Å². The minimum Gasteiger partial charge on any atom is -0.345 e. The highest BCUT2D eigenvalue weighted by Gasteiger charge is 2.21. The predicted molar refractivity (Wildman–Crippen MR) is 84.8 cm³/mol. The molecule has 0 aliphatic heterocycles. The zero-order chi connectivity index (χ0) is 15.5. The lowest BCUT2D eigenvalue weighted by Crippen LogP contribution is -2.40. The van der Waals surface area contributed by atoms with Gasteiger partial charge in [0.15, 0.2) is 0 Å². The summed E-state index contributed by atoms with van der Waals surface area (Å²) < 4.78 is 2.02. The number of nitrogens with two attached hydrogens (primary N) is 1. The molecule has 0 saturated heterocycles. The van der Waals surface area contributed by atoms with Crippen molar-refractivity contribution in [3.63, 3.8) is 0 Å². The standard InChI is InChI=1S/C16H24N4O/c1-16(2,10-17)11-19(3)15(21)8-9-20-12-18-13-6-4-5-7-14(13)20/h4-7,12H,8-11,17H2,1-3H3. The molecule has 0 radical (unpaired) electrons. The number of hydrogen-bond donors (Lipinski definition) is 1. The van der Waals surface area contributed by atoms with Gasteiger partial charge in [-0.3, -0.25) is 4.79 Å². The van der Waals surface area contributed by atoms with Crippen molar-refractivity contribution in [3.05, 3.63) is 30.6 Å². The van der Waals surface area contributed by atoms with Crippen LogP contribution in [0.3, 0.4) is 0 Å². The van der Waals surface area contributed by atoms with E-state index in [1.807, 2.05) is 35.9 Å². The Hall–Kier alpha value is -1.88. The van der Waals surface area contributed by atoms with Crippen LogP contribution < -0.4 is 5.73 Å². The lowest BCUT2D eigenvalue weighted by molar-refractivity contribution is -0.131. The third kappa shape index (κ3) is 3.82. The zero-order valence-corrected chi connectivity index (χ0v) is 13.0. The molecular formula is C16H24N4O. The molecule has 1 heterocycles. The molecule has 5 nitrogen and oxygen atoms in total. The van der Waals surface area contributed by atoms with Crippen LogP contribution in [-0.2, 0) is 11.3 Å². The Morgan fingerprint density at radius 1 is 1.38 bits per heavy atom. The molecule has 0 unspecified atom stereocenters. The molecule has 21 heavy (non-hydrogen) atoms. The van der Waals surface area contributed by atoms with Crippen molar-refractivity contribution in [2.45, 2.75) is 26.8 Å². The summed E-state index contributed by atoms with van der Waals surface area (Å²) in [7, 11) is 1.84. The van der Waals surface area contributed by atoms with Crippen molar-refractivity contribution in [3.8, 4) is 0 Å². The molecule has 5 heteroatoms. The van der Waals surface area contributed by atoms with Crippen LogP contribution in [0.5, 0.6) is 0 Å². The van der Waals surface area contributed by atoms with Crippen molar-refractivity contribution in [1.82, 2.24) is 14.5 Å². The number of nitrogens with zero attached hydrogens (tertiary/aromatic N) is 3. The first-order valence-corrected chi connectivity index (χ1v) is 7.27. The highest BCUT2D eigenvalue weighted by molar-refractivity contribution is 5.77. The second kappa shape index (κ2) is 6.26. The summed E-state index contributed by atoms with van der Waals surface area (Å²) in [6.07, 6.45) is 2.26. The van der Waals surface area contributed by atoms with Crippen LogP contribution in [0.4, 0.5) is 0 Å². The van der Waals surface area contributed by atoms with Gasteiger partial charge in [-0.25, -0.2) is 4.98 Å². The molecule has 1 aromatic carbocycles. The topological polar surface area (TPSA) is 64.2 Å². The Labute approximate surface area is 125 Å². The Balaban J connectivity index is 1.95. The zero-order valence-electron chi connectivity index (χ0n) is 13.0. The maximum Gasteiger partial charge on any atom is 0.224 e. The Morgan fingerprint density at radius 3 is 2.81 bits per heavy atom. The first-order chi connectivity index (χ1) is 9.93. The summed E-state index contributed by atoms with van der Waals surface area (Å²) in [5, 5.41) is 0. The molecule has 2 aromatic rings. The summed E-state index contributed by atoms with van der Waals surface area (Å²) in [4.78, 5) is 18.3. The number of aryl methyl sites for hydroxylation is 1. The molecule has 1 aromatic heterocycles. The number of amides is 1. The largest absolute Gasteiger partial charge is 0.345 e. The van der Waals surface area contributed by atoms with Gasteiger partial charge in [-0.2, -0.15) is 0 Å². The number of para-hydroxylation sites is 2. The van der Waals surface area contributed by atoms with E-state index in [0.29, 0.717) is 26.1 Å². The normalized spacial score (nSPS) is 11.8. The van der Waals surface area contributed by atoms with Crippen molar-refractivity contribution in [2.75, 3.05) is 20.1 Å². The van der Waals surface area contributed by atoms with Crippen LogP contribution in [0.15, 0.2) is 30.6 Å². The van der Waals surface area contributed by atoms with Gasteiger partial charge in [-0.15, -0.1) is 0 Å². The molecule has 2 N–H and O–H groups in total. The minimum atomic E-state index is -0.0495. The van der Waals surface area contributed by atoms with E-state index in [9.17, 15) is 4.79 Å². The van der Waals surface area contributed by atoms with E-state index in [2.05, 4.69) is 18.8 Å². The van der Waals surface area contributed by atoms with Gasteiger partial charge in [0, 0.05) is 26.6 Å². The molecule has 2 rings (SSSR count). The first-order valence-electron chi connectivity index (χ1n) is 7.27. The van der Waals surface area contributed by atoms with Gasteiger partial charge >= 0.3 is 0 Å². The van der Waals surface area contributed by atoms with Crippen LogP contribution in [0.25, 0.3) is 11.0 Å². The van der Waals surface area contributed by atoms with Gasteiger partial charge in [-0.05, 0) is 24.1 Å². The monoisotopic (exact) mass is 288 g/mol. The first kappa shape index (κ1) is 15.5. The molecule has 0 aliphatic rings. The third-order valence-electron chi connectivity index (χ3n) is 3.74. The molecule has 0 aliphatic carbocycles. The fourth-order valence-electron chi connectivity index (χ4n) is 2.39. The van der Waals surface area contributed by atoms with Crippen LogP contribution in [-0.4, -0.2) is 40.5 Å². The van der Waals surface area contributed by atoms with Gasteiger partial charge in [0.2, 0.25) is 5.91 Å². The summed E-state index contributed by atoms with van der Waals surface area (Å²) in [5.41, 5.74) is 7.69. The SMILES string of the molecule is CN(CC(C)(C)CN)C(=O)CCn1cnc2ccccc21. The second-order valence-corrected chi connectivity index (χ2v) is 6.29. The fourth-order valence-corrected chi connectivity index (χ4v) is 2.39. The highest BCUT2D eigenvalue weighted by Crippen LogP contribution is 2.15. The Kier molecular flexibility index (Phi) is 4.63. The summed E-state index contributed by atoms with van der Waals surface area (Å²) >= 11 is 0. The van der Waals surface area contributed by atoms with Gasteiger partial charge in [-0.1, -0.05) is 26.0 Å². The number of benzene rings is 1. The number of carbonyl (C=O) groups excluding carboxylic acids is 1. The molecule has 1 amide bonds. The second-order valence-electron chi connectivity index (χ2n) is 6.29. The van der Waals surface area contributed by atoms with E-state index >= 15 is 0 Å². The van der Waals surface area contributed by atoms with E-state index in [0.717, 1.165) is 11.0 Å². The number of hydrogen-bond acceptors (Lipinski definition) is 3. The smallest absolute Gasteiger partial charge is 0.224 e. The van der Waals surface area contributed by atoms with Crippen LogP contribution in [0, 0.1) is 5.41 Å². The quantitative estimate of drug-likeness (QED) is 0.882. The van der Waals surface area contributed by atoms with E-state index in [4.69, 9.17) is 5.73 Å². The number of imidazole rings is 1. The Bertz CT molecular complexity index is 618. The molecular weight excluding hydrogens is 264 g/mol. The lowest BCUT2D eigenvalue weighted by atomic mass is 9.93. The highest BCUT2D eigenvalue weighted by atomic mass is 16.2. The molecule has 0 spiro atoms. The predicted octanol–water partition coefficient (Wildman–Crippen LogP) is 1.87. The molecule has 0 bridgehead atoms. The van der Waals surface area contributed by atoms with Crippen LogP contribution in [0.2, 0.25) is 0 Å². The van der Waals surface area contributed by atoms with E-state index in [1.165, 1.54) is 0 Å².